The van der Waals surface area contributed by atoms with Crippen LogP contribution >= 0.6 is 0 Å². The molecular formula is C19H19F2N3O3. The van der Waals surface area contributed by atoms with Gasteiger partial charge in [-0.1, -0.05) is 24.3 Å². The monoisotopic (exact) mass is 375 g/mol. The standard InChI is InChI=1S/C19H19F2N3O3/c1-11(12-6-8-14-13(10-12)7-9-17(25)23-14)22-19(26)24-15-4-2-3-5-16(15)27-18(20)21/h2-6,8,10-11,18H,7,9H2,1H3,(H,23,25)(H2,22,24,26). The van der Waals surface area contributed by atoms with Crippen molar-refractivity contribution in [2.75, 3.05) is 10.6 Å². The molecule has 3 N–H and O–H groups in total. The van der Waals surface area contributed by atoms with Crippen molar-refractivity contribution in [2.45, 2.75) is 32.4 Å². The Morgan fingerprint density at radius 1 is 1.19 bits per heavy atom. The summed E-state index contributed by atoms with van der Waals surface area (Å²) in [5, 5.41) is 8.09. The van der Waals surface area contributed by atoms with Crippen molar-refractivity contribution in [3.63, 3.8) is 0 Å². The van der Waals surface area contributed by atoms with Crippen molar-refractivity contribution in [1.82, 2.24) is 5.32 Å². The molecule has 0 aliphatic carbocycles. The second-order valence-corrected chi connectivity index (χ2v) is 6.16. The van der Waals surface area contributed by atoms with E-state index < -0.39 is 12.6 Å². The molecule has 0 fully saturated rings. The zero-order valence-corrected chi connectivity index (χ0v) is 14.6. The van der Waals surface area contributed by atoms with Gasteiger partial charge in [0.15, 0.2) is 0 Å². The van der Waals surface area contributed by atoms with Crippen LogP contribution in [0, 0.1) is 0 Å². The minimum atomic E-state index is -2.98. The van der Waals surface area contributed by atoms with Crippen LogP contribution < -0.4 is 20.7 Å². The fraction of sp³-hybridized carbons (Fsp3) is 0.263. The first-order valence-corrected chi connectivity index (χ1v) is 8.46. The Labute approximate surface area is 154 Å². The Kier molecular flexibility index (Phi) is 5.54. The fourth-order valence-corrected chi connectivity index (χ4v) is 2.88. The maximum absolute atomic E-state index is 12.5. The Hall–Kier alpha value is -3.16. The SMILES string of the molecule is CC(NC(=O)Nc1ccccc1OC(F)F)c1ccc2c(c1)CCC(=O)N2. The highest BCUT2D eigenvalue weighted by molar-refractivity contribution is 5.94. The predicted octanol–water partition coefficient (Wildman–Crippen LogP) is 4.06. The summed E-state index contributed by atoms with van der Waals surface area (Å²) in [4.78, 5) is 23.7. The van der Waals surface area contributed by atoms with Gasteiger partial charge in [0.05, 0.1) is 11.7 Å². The summed E-state index contributed by atoms with van der Waals surface area (Å²) in [7, 11) is 0. The molecule has 6 nitrogen and oxygen atoms in total. The predicted molar refractivity (Wildman–Crippen MR) is 97.0 cm³/mol. The quantitative estimate of drug-likeness (QED) is 0.737. The van der Waals surface area contributed by atoms with Crippen molar-refractivity contribution in [3.8, 4) is 5.75 Å². The molecule has 0 spiro atoms. The zero-order valence-electron chi connectivity index (χ0n) is 14.6. The number of amides is 3. The number of rotatable bonds is 5. The van der Waals surface area contributed by atoms with E-state index >= 15 is 0 Å². The van der Waals surface area contributed by atoms with Gasteiger partial charge in [-0.25, -0.2) is 4.79 Å². The molecule has 1 atom stereocenters. The first-order valence-electron chi connectivity index (χ1n) is 8.46. The lowest BCUT2D eigenvalue weighted by Crippen LogP contribution is -2.31. The number of urea groups is 1. The van der Waals surface area contributed by atoms with E-state index in [0.29, 0.717) is 12.8 Å². The van der Waals surface area contributed by atoms with Crippen LogP contribution in [-0.4, -0.2) is 18.5 Å². The van der Waals surface area contributed by atoms with Gasteiger partial charge in [-0.15, -0.1) is 0 Å². The second kappa shape index (κ2) is 8.03. The molecule has 1 aliphatic rings. The summed E-state index contributed by atoms with van der Waals surface area (Å²) in [5.74, 6) is -0.120. The maximum atomic E-state index is 12.5. The molecule has 2 aromatic rings. The number of ether oxygens (including phenoxy) is 1. The molecule has 8 heteroatoms. The normalized spacial score (nSPS) is 14.1. The summed E-state index contributed by atoms with van der Waals surface area (Å²) in [6, 6.07) is 10.7. The lowest BCUT2D eigenvalue weighted by Gasteiger charge is -2.21. The van der Waals surface area contributed by atoms with Crippen LogP contribution in [0.2, 0.25) is 0 Å². The van der Waals surface area contributed by atoms with Gasteiger partial charge in [0, 0.05) is 12.1 Å². The van der Waals surface area contributed by atoms with Crippen molar-refractivity contribution in [1.29, 1.82) is 0 Å². The number of hydrogen-bond acceptors (Lipinski definition) is 3. The Morgan fingerprint density at radius 3 is 2.74 bits per heavy atom. The molecule has 0 saturated carbocycles. The van der Waals surface area contributed by atoms with E-state index in [1.54, 1.807) is 6.07 Å². The summed E-state index contributed by atoms with van der Waals surface area (Å²) in [6.45, 7) is -1.17. The second-order valence-electron chi connectivity index (χ2n) is 6.16. The minimum absolute atomic E-state index is 0.00881. The third-order valence-corrected chi connectivity index (χ3v) is 4.22. The highest BCUT2D eigenvalue weighted by Crippen LogP contribution is 2.27. The number of hydrogen-bond donors (Lipinski definition) is 3. The number of anilines is 2. The molecule has 2 aromatic carbocycles. The average molecular weight is 375 g/mol. The number of benzene rings is 2. The van der Waals surface area contributed by atoms with E-state index in [9.17, 15) is 18.4 Å². The number of nitrogens with one attached hydrogen (secondary N) is 3. The number of carbonyl (C=O) groups is 2. The summed E-state index contributed by atoms with van der Waals surface area (Å²) >= 11 is 0. The first-order chi connectivity index (χ1) is 12.9. The van der Waals surface area contributed by atoms with Gasteiger partial charge in [0.1, 0.15) is 5.75 Å². The minimum Gasteiger partial charge on any atom is -0.433 e. The van der Waals surface area contributed by atoms with Crippen LogP contribution in [0.3, 0.4) is 0 Å². The molecule has 0 aromatic heterocycles. The van der Waals surface area contributed by atoms with Crippen LogP contribution in [0.1, 0.15) is 30.5 Å². The fourth-order valence-electron chi connectivity index (χ4n) is 2.88. The molecule has 27 heavy (non-hydrogen) atoms. The first kappa shape index (κ1) is 18.6. The number of alkyl halides is 2. The largest absolute Gasteiger partial charge is 0.433 e. The van der Waals surface area contributed by atoms with Gasteiger partial charge in [-0.3, -0.25) is 4.79 Å². The smallest absolute Gasteiger partial charge is 0.387 e. The van der Waals surface area contributed by atoms with E-state index in [2.05, 4.69) is 20.7 Å². The van der Waals surface area contributed by atoms with Crippen LogP contribution in [0.25, 0.3) is 0 Å². The number of fused-ring (bicyclic) bond motifs is 1. The van der Waals surface area contributed by atoms with Crippen molar-refractivity contribution < 1.29 is 23.1 Å². The van der Waals surface area contributed by atoms with Crippen LogP contribution in [0.5, 0.6) is 5.75 Å². The number of para-hydroxylation sites is 2. The lowest BCUT2D eigenvalue weighted by molar-refractivity contribution is -0.116. The molecule has 0 saturated heterocycles. The number of aryl methyl sites for hydroxylation is 1. The molecule has 142 valence electrons. The van der Waals surface area contributed by atoms with Gasteiger partial charge in [0.25, 0.3) is 0 Å². The van der Waals surface area contributed by atoms with E-state index in [1.165, 1.54) is 18.2 Å². The molecular weight excluding hydrogens is 356 g/mol. The topological polar surface area (TPSA) is 79.5 Å². The molecule has 1 heterocycles. The molecule has 1 aliphatic heterocycles. The summed E-state index contributed by atoms with van der Waals surface area (Å²) in [6.07, 6.45) is 1.08. The van der Waals surface area contributed by atoms with Crippen molar-refractivity contribution in [3.05, 3.63) is 53.6 Å². The number of halogens is 2. The highest BCUT2D eigenvalue weighted by atomic mass is 19.3. The van der Waals surface area contributed by atoms with Gasteiger partial charge < -0.3 is 20.7 Å². The van der Waals surface area contributed by atoms with Crippen molar-refractivity contribution >= 4 is 23.3 Å². The maximum Gasteiger partial charge on any atom is 0.387 e. The molecule has 3 amide bonds. The Balaban J connectivity index is 1.65. The van der Waals surface area contributed by atoms with Crippen molar-refractivity contribution in [2.24, 2.45) is 0 Å². The van der Waals surface area contributed by atoms with E-state index in [0.717, 1.165) is 16.8 Å². The van der Waals surface area contributed by atoms with E-state index in [-0.39, 0.29) is 23.4 Å². The molecule has 3 rings (SSSR count). The van der Waals surface area contributed by atoms with Crippen LogP contribution in [0.4, 0.5) is 25.0 Å². The highest BCUT2D eigenvalue weighted by Gasteiger charge is 2.18. The van der Waals surface area contributed by atoms with Gasteiger partial charge >= 0.3 is 12.6 Å². The average Bonchev–Trinajstić information content (AvgIpc) is 2.62. The summed E-state index contributed by atoms with van der Waals surface area (Å²) < 4.78 is 29.3. The summed E-state index contributed by atoms with van der Waals surface area (Å²) in [5.41, 5.74) is 2.81. The third kappa shape index (κ3) is 4.72. The van der Waals surface area contributed by atoms with Crippen LogP contribution in [-0.2, 0) is 11.2 Å². The Bertz CT molecular complexity index is 858. The van der Waals surface area contributed by atoms with Gasteiger partial charge in [0.2, 0.25) is 5.91 Å². The zero-order chi connectivity index (χ0) is 19.4. The van der Waals surface area contributed by atoms with E-state index in [4.69, 9.17) is 0 Å². The lowest BCUT2D eigenvalue weighted by atomic mass is 9.98. The molecule has 0 bridgehead atoms. The molecule has 0 radical (unpaired) electrons. The third-order valence-electron chi connectivity index (χ3n) is 4.22. The van der Waals surface area contributed by atoms with Crippen LogP contribution in [0.15, 0.2) is 42.5 Å². The Morgan fingerprint density at radius 2 is 1.96 bits per heavy atom. The van der Waals surface area contributed by atoms with Gasteiger partial charge in [-0.05, 0) is 42.7 Å². The van der Waals surface area contributed by atoms with E-state index in [1.807, 2.05) is 25.1 Å². The van der Waals surface area contributed by atoms with Gasteiger partial charge in [-0.2, -0.15) is 8.78 Å². The molecule has 1 unspecified atom stereocenters. The number of carbonyl (C=O) groups excluding carboxylic acids is 2.